The van der Waals surface area contributed by atoms with Gasteiger partial charge in [0.2, 0.25) is 0 Å². The van der Waals surface area contributed by atoms with Crippen LogP contribution in [-0.4, -0.2) is 49.7 Å². The number of allylic oxidation sites excluding steroid dienone is 3. The Kier molecular flexibility index (Phi) is 5.24. The number of β-amino-alcohol motifs (C(OH)–C–C–N with tert-alkyl or cyclic N) is 1. The van der Waals surface area contributed by atoms with Crippen molar-refractivity contribution in [2.24, 2.45) is 0 Å². The Hall–Kier alpha value is -2.13. The first-order valence-electron chi connectivity index (χ1n) is 7.50. The monoisotopic (exact) mass is 376 g/mol. The molecule has 0 saturated carbocycles. The van der Waals surface area contributed by atoms with E-state index in [9.17, 15) is 15.0 Å². The maximum atomic E-state index is 12.7. The second kappa shape index (κ2) is 7.40. The molecule has 0 bridgehead atoms. The van der Waals surface area contributed by atoms with Gasteiger partial charge in [-0.05, 0) is 42.0 Å². The predicted octanol–water partition coefficient (Wildman–Crippen LogP) is 1.71. The average molecular weight is 376 g/mol. The Labute approximate surface area is 154 Å². The molecule has 1 unspecified atom stereocenters. The summed E-state index contributed by atoms with van der Waals surface area (Å²) < 4.78 is 0.429. The molecule has 1 aromatic carbocycles. The molecule has 0 radical (unpaired) electrons. The third kappa shape index (κ3) is 3.77. The van der Waals surface area contributed by atoms with Crippen molar-refractivity contribution < 1.29 is 20.1 Å². The van der Waals surface area contributed by atoms with Crippen LogP contribution in [0.1, 0.15) is 0 Å². The van der Waals surface area contributed by atoms with E-state index in [0.29, 0.717) is 14.9 Å². The summed E-state index contributed by atoms with van der Waals surface area (Å²) in [4.78, 5) is 16.4. The second-order valence-electron chi connectivity index (χ2n) is 5.47. The minimum absolute atomic E-state index is 0.121. The molecule has 0 aromatic heterocycles. The highest BCUT2D eigenvalue weighted by Crippen LogP contribution is 2.38. The zero-order chi connectivity index (χ0) is 18.0. The summed E-state index contributed by atoms with van der Waals surface area (Å²) in [5.41, 5.74) is 1.33. The molecule has 2 heterocycles. The van der Waals surface area contributed by atoms with Crippen LogP contribution in [0.2, 0.25) is 0 Å². The Balaban J connectivity index is 1.80. The molecule has 8 heteroatoms. The van der Waals surface area contributed by atoms with Gasteiger partial charge in [0, 0.05) is 12.4 Å². The smallest absolute Gasteiger partial charge is 0.271 e. The van der Waals surface area contributed by atoms with E-state index in [4.69, 9.17) is 17.3 Å². The van der Waals surface area contributed by atoms with Gasteiger partial charge >= 0.3 is 0 Å². The number of aliphatic hydroxyl groups excluding tert-OH is 2. The van der Waals surface area contributed by atoms with Gasteiger partial charge in [0.05, 0.1) is 29.8 Å². The molecule has 0 aliphatic carbocycles. The Morgan fingerprint density at radius 2 is 1.80 bits per heavy atom. The largest absolute Gasteiger partial charge is 0.508 e. The number of phenolic OH excluding ortho intramolecular Hbond substituents is 1. The number of aromatic hydroxyl groups is 1. The second-order valence-corrected chi connectivity index (χ2v) is 7.12. The molecule has 1 atom stereocenters. The number of carbonyl (C=O) groups excluding carboxylic acids is 1. The molecule has 1 amide bonds. The van der Waals surface area contributed by atoms with E-state index in [1.165, 1.54) is 28.8 Å². The molecule has 1 fully saturated rings. The molecule has 0 spiro atoms. The zero-order valence-corrected chi connectivity index (χ0v) is 14.7. The topological polar surface area (TPSA) is 84.2 Å². The Morgan fingerprint density at radius 3 is 2.40 bits per heavy atom. The van der Waals surface area contributed by atoms with Gasteiger partial charge in [0.1, 0.15) is 5.75 Å². The summed E-state index contributed by atoms with van der Waals surface area (Å²) in [6.07, 6.45) is 6.19. The van der Waals surface area contributed by atoms with Crippen LogP contribution in [0, 0.1) is 0 Å². The number of hydrogen-bond acceptors (Lipinski definition) is 7. The molecule has 6 nitrogen and oxygen atoms in total. The number of nitrogens with zero attached hydrogens (tertiary/aromatic N) is 2. The van der Waals surface area contributed by atoms with Crippen molar-refractivity contribution in [3.8, 4) is 5.75 Å². The van der Waals surface area contributed by atoms with E-state index in [2.05, 4.69) is 0 Å². The van der Waals surface area contributed by atoms with Crippen LogP contribution >= 0.6 is 24.0 Å². The summed E-state index contributed by atoms with van der Waals surface area (Å²) >= 11 is 6.55. The maximum Gasteiger partial charge on any atom is 0.271 e. The summed E-state index contributed by atoms with van der Waals surface area (Å²) in [5, 5.41) is 27.7. The number of aliphatic hydroxyl groups is 2. The molecular formula is C17H16N2O4S2. The minimum Gasteiger partial charge on any atom is -0.508 e. The van der Waals surface area contributed by atoms with Gasteiger partial charge in [-0.3, -0.25) is 9.69 Å². The van der Waals surface area contributed by atoms with Crippen molar-refractivity contribution in [1.29, 1.82) is 0 Å². The fourth-order valence-corrected chi connectivity index (χ4v) is 3.72. The number of hydrogen-bond donors (Lipinski definition) is 3. The summed E-state index contributed by atoms with van der Waals surface area (Å²) in [6.45, 7) is -0.0401. The number of anilines is 1. The number of amides is 1. The standard InChI is InChI=1S/C17H16N2O4S2/c20-10-14(22)9-18-7-5-11(6-8-18)15-16(23)19(17(24)25-15)12-1-3-13(21)4-2-12/h1-8,14,20-22H,9-10H2. The van der Waals surface area contributed by atoms with Crippen LogP contribution in [-0.2, 0) is 4.79 Å². The minimum atomic E-state index is -0.830. The van der Waals surface area contributed by atoms with Crippen molar-refractivity contribution in [3.05, 3.63) is 59.3 Å². The number of rotatable bonds is 4. The van der Waals surface area contributed by atoms with E-state index in [0.717, 1.165) is 5.57 Å². The lowest BCUT2D eigenvalue weighted by atomic mass is 10.1. The van der Waals surface area contributed by atoms with Crippen molar-refractivity contribution >= 4 is 39.9 Å². The quantitative estimate of drug-likeness (QED) is 0.545. The normalized spacial score (nSPS) is 18.5. The number of phenols is 1. The molecule has 1 saturated heterocycles. The maximum absolute atomic E-state index is 12.7. The predicted molar refractivity (Wildman–Crippen MR) is 101 cm³/mol. The van der Waals surface area contributed by atoms with Crippen LogP contribution in [0.15, 0.2) is 59.3 Å². The van der Waals surface area contributed by atoms with Crippen LogP contribution in [0.3, 0.4) is 0 Å². The van der Waals surface area contributed by atoms with Gasteiger partial charge in [-0.15, -0.1) is 0 Å². The molecular weight excluding hydrogens is 360 g/mol. The van der Waals surface area contributed by atoms with Gasteiger partial charge in [0.25, 0.3) is 5.91 Å². The van der Waals surface area contributed by atoms with Crippen LogP contribution in [0.5, 0.6) is 5.75 Å². The number of thioether (sulfide) groups is 1. The molecule has 2 aliphatic rings. The van der Waals surface area contributed by atoms with Crippen molar-refractivity contribution in [2.45, 2.75) is 6.10 Å². The first-order chi connectivity index (χ1) is 12.0. The van der Waals surface area contributed by atoms with Crippen molar-refractivity contribution in [2.75, 3.05) is 18.1 Å². The number of thiocarbonyl (C=S) groups is 1. The molecule has 1 aromatic rings. The molecule has 25 heavy (non-hydrogen) atoms. The zero-order valence-electron chi connectivity index (χ0n) is 13.1. The van der Waals surface area contributed by atoms with Gasteiger partial charge in [0.15, 0.2) is 4.32 Å². The van der Waals surface area contributed by atoms with Gasteiger partial charge in [-0.25, -0.2) is 0 Å². The van der Waals surface area contributed by atoms with Crippen LogP contribution in [0.25, 0.3) is 0 Å². The molecule has 3 N–H and O–H groups in total. The third-order valence-electron chi connectivity index (χ3n) is 3.66. The van der Waals surface area contributed by atoms with Crippen molar-refractivity contribution in [3.63, 3.8) is 0 Å². The summed E-state index contributed by atoms with van der Waals surface area (Å²) in [7, 11) is 0. The lowest BCUT2D eigenvalue weighted by Gasteiger charge is -2.21. The van der Waals surface area contributed by atoms with Gasteiger partial charge in [-0.2, -0.15) is 0 Å². The van der Waals surface area contributed by atoms with E-state index < -0.39 is 6.10 Å². The van der Waals surface area contributed by atoms with Crippen molar-refractivity contribution in [1.82, 2.24) is 4.90 Å². The Bertz CT molecular complexity index is 770. The highest BCUT2D eigenvalue weighted by molar-refractivity contribution is 8.27. The SMILES string of the molecule is O=C1C(=C2C=CN(CC(O)CO)C=C2)SC(=S)N1c1ccc(O)cc1. The van der Waals surface area contributed by atoms with E-state index in [1.807, 2.05) is 0 Å². The lowest BCUT2D eigenvalue weighted by Crippen LogP contribution is -2.28. The van der Waals surface area contributed by atoms with Gasteiger partial charge in [-0.1, -0.05) is 24.0 Å². The highest BCUT2D eigenvalue weighted by atomic mass is 32.2. The van der Waals surface area contributed by atoms with Crippen LogP contribution < -0.4 is 4.90 Å². The van der Waals surface area contributed by atoms with E-state index >= 15 is 0 Å². The summed E-state index contributed by atoms with van der Waals surface area (Å²) in [5.74, 6) is -0.0929. The van der Waals surface area contributed by atoms with Crippen LogP contribution in [0.4, 0.5) is 5.69 Å². The van der Waals surface area contributed by atoms with Gasteiger partial charge < -0.3 is 20.2 Å². The van der Waals surface area contributed by atoms with E-state index in [1.54, 1.807) is 41.6 Å². The number of benzene rings is 1. The average Bonchev–Trinajstić information content (AvgIpc) is 2.91. The Morgan fingerprint density at radius 1 is 1.16 bits per heavy atom. The van der Waals surface area contributed by atoms with E-state index in [-0.39, 0.29) is 24.8 Å². The highest BCUT2D eigenvalue weighted by Gasteiger charge is 2.35. The lowest BCUT2D eigenvalue weighted by molar-refractivity contribution is -0.113. The summed E-state index contributed by atoms with van der Waals surface area (Å²) in [6, 6.07) is 6.29. The first kappa shape index (κ1) is 17.7. The third-order valence-corrected chi connectivity index (χ3v) is 5.07. The molecule has 2 aliphatic heterocycles. The first-order valence-corrected chi connectivity index (χ1v) is 8.72. The molecule has 130 valence electrons. The number of carbonyl (C=O) groups is 1. The fourth-order valence-electron chi connectivity index (χ4n) is 2.40. The molecule has 3 rings (SSSR count). The fraction of sp³-hybridized carbons (Fsp3) is 0.176.